The van der Waals surface area contributed by atoms with Crippen LogP contribution in [0.5, 0.6) is 11.5 Å². The van der Waals surface area contributed by atoms with Gasteiger partial charge >= 0.3 is 0 Å². The Hall–Kier alpha value is -2.87. The number of likely N-dealkylation sites (N-methyl/N-ethyl adjacent to an activating group) is 1. The summed E-state index contributed by atoms with van der Waals surface area (Å²) in [7, 11) is 4.78. The molecule has 0 saturated heterocycles. The molecule has 0 unspecified atom stereocenters. The highest BCUT2D eigenvalue weighted by Gasteiger charge is 2.16. The number of carbonyl (C=O) groups is 1. The van der Waals surface area contributed by atoms with Gasteiger partial charge in [0.05, 0.1) is 38.1 Å². The average Bonchev–Trinajstić information content (AvgIpc) is 2.69. The van der Waals surface area contributed by atoms with E-state index in [4.69, 9.17) is 9.47 Å². The number of carbonyl (C=O) groups excluding carboxylic acids is 1. The summed E-state index contributed by atoms with van der Waals surface area (Å²) in [5.41, 5.74) is 1.16. The molecule has 0 aliphatic carbocycles. The Morgan fingerprint density at radius 2 is 1.86 bits per heavy atom. The van der Waals surface area contributed by atoms with Gasteiger partial charge in [0.1, 0.15) is 5.82 Å². The van der Waals surface area contributed by atoms with Crippen LogP contribution in [0.3, 0.4) is 0 Å². The second kappa shape index (κ2) is 8.43. The van der Waals surface area contributed by atoms with Gasteiger partial charge in [-0.1, -0.05) is 28.1 Å². The SMILES string of the molecule is COc1cc(Br)c(CC(=O)N(C)Cc2nc3ccccc3c(=O)[nH]2)cc1OC. The monoisotopic (exact) mass is 445 g/mol. The van der Waals surface area contributed by atoms with Crippen LogP contribution in [0.2, 0.25) is 0 Å². The fraction of sp³-hybridized carbons (Fsp3) is 0.250. The van der Waals surface area contributed by atoms with Crippen LogP contribution >= 0.6 is 15.9 Å². The van der Waals surface area contributed by atoms with Crippen molar-refractivity contribution in [3.05, 3.63) is 62.6 Å². The zero-order valence-electron chi connectivity index (χ0n) is 15.8. The molecule has 8 heteroatoms. The molecular formula is C20H20BrN3O4. The maximum absolute atomic E-state index is 12.7. The van der Waals surface area contributed by atoms with Gasteiger partial charge in [-0.25, -0.2) is 4.98 Å². The molecular weight excluding hydrogens is 426 g/mol. The van der Waals surface area contributed by atoms with Crippen molar-refractivity contribution in [2.45, 2.75) is 13.0 Å². The molecule has 0 aliphatic heterocycles. The van der Waals surface area contributed by atoms with Gasteiger partial charge in [-0.15, -0.1) is 0 Å². The Balaban J connectivity index is 1.78. The minimum atomic E-state index is -0.218. The number of nitrogens with one attached hydrogen (secondary N) is 1. The molecule has 2 aromatic carbocycles. The number of nitrogens with zero attached hydrogens (tertiary/aromatic N) is 2. The molecule has 1 N–H and O–H groups in total. The average molecular weight is 446 g/mol. The number of amides is 1. The molecule has 7 nitrogen and oxygen atoms in total. The van der Waals surface area contributed by atoms with Gasteiger partial charge in [-0.05, 0) is 29.8 Å². The highest BCUT2D eigenvalue weighted by Crippen LogP contribution is 2.33. The topological polar surface area (TPSA) is 84.5 Å². The molecule has 0 bridgehead atoms. The summed E-state index contributed by atoms with van der Waals surface area (Å²) in [5.74, 6) is 1.45. The van der Waals surface area contributed by atoms with Crippen LogP contribution in [0.4, 0.5) is 0 Å². The molecule has 146 valence electrons. The number of H-pyrrole nitrogens is 1. The maximum atomic E-state index is 12.7. The Kier molecular flexibility index (Phi) is 5.99. The van der Waals surface area contributed by atoms with E-state index in [1.807, 2.05) is 6.07 Å². The van der Waals surface area contributed by atoms with Crippen molar-refractivity contribution in [2.24, 2.45) is 0 Å². The maximum Gasteiger partial charge on any atom is 0.258 e. The standard InChI is InChI=1S/C20H20BrN3O4/c1-24(11-18-22-15-7-5-4-6-13(15)20(26)23-18)19(25)9-12-8-16(27-2)17(28-3)10-14(12)21/h4-8,10H,9,11H2,1-3H3,(H,22,23,26). The quantitative estimate of drug-likeness (QED) is 0.630. The second-order valence-electron chi connectivity index (χ2n) is 6.25. The van der Waals surface area contributed by atoms with Gasteiger partial charge < -0.3 is 19.4 Å². The predicted molar refractivity (Wildman–Crippen MR) is 110 cm³/mol. The molecule has 0 saturated carbocycles. The van der Waals surface area contributed by atoms with Crippen molar-refractivity contribution in [2.75, 3.05) is 21.3 Å². The van der Waals surface area contributed by atoms with E-state index in [9.17, 15) is 9.59 Å². The first kappa shape index (κ1) is 19.9. The van der Waals surface area contributed by atoms with E-state index < -0.39 is 0 Å². The summed E-state index contributed by atoms with van der Waals surface area (Å²) in [4.78, 5) is 33.6. The minimum absolute atomic E-state index is 0.122. The van der Waals surface area contributed by atoms with E-state index in [1.165, 1.54) is 4.90 Å². The van der Waals surface area contributed by atoms with Crippen molar-refractivity contribution >= 4 is 32.7 Å². The van der Waals surface area contributed by atoms with Gasteiger partial charge in [0, 0.05) is 11.5 Å². The van der Waals surface area contributed by atoms with E-state index in [1.54, 1.807) is 51.6 Å². The van der Waals surface area contributed by atoms with Crippen molar-refractivity contribution in [3.8, 4) is 11.5 Å². The number of hydrogen-bond acceptors (Lipinski definition) is 5. The number of hydrogen-bond donors (Lipinski definition) is 1. The van der Waals surface area contributed by atoms with Crippen LogP contribution in [0.1, 0.15) is 11.4 Å². The molecule has 3 rings (SSSR count). The molecule has 1 heterocycles. The van der Waals surface area contributed by atoms with Gasteiger partial charge in [0.2, 0.25) is 5.91 Å². The molecule has 28 heavy (non-hydrogen) atoms. The fourth-order valence-corrected chi connectivity index (χ4v) is 3.31. The number of methoxy groups -OCH3 is 2. The fourth-order valence-electron chi connectivity index (χ4n) is 2.85. The van der Waals surface area contributed by atoms with Crippen LogP contribution in [0.15, 0.2) is 45.7 Å². The van der Waals surface area contributed by atoms with E-state index in [2.05, 4.69) is 25.9 Å². The third-order valence-electron chi connectivity index (χ3n) is 4.37. The molecule has 1 aromatic heterocycles. The van der Waals surface area contributed by atoms with Crippen LogP contribution in [0.25, 0.3) is 10.9 Å². The van der Waals surface area contributed by atoms with Crippen LogP contribution < -0.4 is 15.0 Å². The van der Waals surface area contributed by atoms with Gasteiger partial charge in [-0.2, -0.15) is 0 Å². The van der Waals surface area contributed by atoms with Gasteiger partial charge in [0.15, 0.2) is 11.5 Å². The summed E-state index contributed by atoms with van der Waals surface area (Å²) in [5, 5.41) is 0.523. The number of para-hydroxylation sites is 1. The number of aromatic nitrogens is 2. The van der Waals surface area contributed by atoms with Crippen molar-refractivity contribution < 1.29 is 14.3 Å². The lowest BCUT2D eigenvalue weighted by atomic mass is 10.1. The first-order valence-corrected chi connectivity index (χ1v) is 9.34. The number of benzene rings is 2. The van der Waals surface area contributed by atoms with E-state index >= 15 is 0 Å². The highest BCUT2D eigenvalue weighted by molar-refractivity contribution is 9.10. The zero-order valence-corrected chi connectivity index (χ0v) is 17.4. The Morgan fingerprint density at radius 1 is 1.18 bits per heavy atom. The summed E-state index contributed by atoms with van der Waals surface area (Å²) in [6, 6.07) is 10.6. The van der Waals surface area contributed by atoms with E-state index in [-0.39, 0.29) is 24.4 Å². The zero-order chi connectivity index (χ0) is 20.3. The summed E-state index contributed by atoms with van der Waals surface area (Å²) in [6.07, 6.45) is 0.162. The van der Waals surface area contributed by atoms with E-state index in [0.29, 0.717) is 28.2 Å². The third kappa shape index (κ3) is 4.17. The first-order valence-electron chi connectivity index (χ1n) is 8.55. The lowest BCUT2D eigenvalue weighted by Crippen LogP contribution is -2.29. The molecule has 0 radical (unpaired) electrons. The van der Waals surface area contributed by atoms with Crippen molar-refractivity contribution in [1.29, 1.82) is 0 Å². The largest absolute Gasteiger partial charge is 0.493 e. The molecule has 0 atom stereocenters. The summed E-state index contributed by atoms with van der Waals surface area (Å²) in [6.45, 7) is 0.198. The first-order chi connectivity index (χ1) is 13.4. The predicted octanol–water partition coefficient (Wildman–Crippen LogP) is 2.90. The van der Waals surface area contributed by atoms with Crippen LogP contribution in [0, 0.1) is 0 Å². The number of halogens is 1. The highest BCUT2D eigenvalue weighted by atomic mass is 79.9. The van der Waals surface area contributed by atoms with Gasteiger partial charge in [-0.3, -0.25) is 9.59 Å². The second-order valence-corrected chi connectivity index (χ2v) is 7.11. The third-order valence-corrected chi connectivity index (χ3v) is 5.11. The lowest BCUT2D eigenvalue weighted by molar-refractivity contribution is -0.129. The summed E-state index contributed by atoms with van der Waals surface area (Å²) < 4.78 is 11.3. The molecule has 1 amide bonds. The van der Waals surface area contributed by atoms with Gasteiger partial charge in [0.25, 0.3) is 5.56 Å². The Bertz CT molecular complexity index is 1080. The normalized spacial score (nSPS) is 10.7. The van der Waals surface area contributed by atoms with E-state index in [0.717, 1.165) is 10.0 Å². The molecule has 0 fully saturated rings. The molecule has 0 spiro atoms. The number of aromatic amines is 1. The summed E-state index contributed by atoms with van der Waals surface area (Å²) >= 11 is 3.47. The number of rotatable bonds is 6. The lowest BCUT2D eigenvalue weighted by Gasteiger charge is -2.18. The molecule has 0 aliphatic rings. The van der Waals surface area contributed by atoms with Crippen molar-refractivity contribution in [1.82, 2.24) is 14.9 Å². The Labute approximate surface area is 170 Å². The smallest absolute Gasteiger partial charge is 0.258 e. The minimum Gasteiger partial charge on any atom is -0.493 e. The Morgan fingerprint density at radius 3 is 2.57 bits per heavy atom. The van der Waals surface area contributed by atoms with Crippen LogP contribution in [-0.2, 0) is 17.8 Å². The number of ether oxygens (including phenoxy) is 2. The number of fused-ring (bicyclic) bond motifs is 1. The van der Waals surface area contributed by atoms with Crippen LogP contribution in [-0.4, -0.2) is 42.0 Å². The van der Waals surface area contributed by atoms with Crippen molar-refractivity contribution in [3.63, 3.8) is 0 Å². The molecule has 3 aromatic rings.